The number of carbonyl (C=O) groups excluding carboxylic acids is 2. The average Bonchev–Trinajstić information content (AvgIpc) is 3.08. The van der Waals surface area contributed by atoms with E-state index in [9.17, 15) is 14.0 Å². The molecule has 2 aliphatic rings. The number of piperidine rings is 1. The Kier molecular flexibility index (Phi) is 6.03. The number of amides is 2. The van der Waals surface area contributed by atoms with Crippen LogP contribution in [0.2, 0.25) is 0 Å². The minimum Gasteiger partial charge on any atom is -0.342 e. The molecule has 1 aromatic carbocycles. The molecule has 164 valence electrons. The van der Waals surface area contributed by atoms with Crippen LogP contribution in [0, 0.1) is 18.7 Å². The fraction of sp³-hybridized carbons (Fsp3) is 0.500. The number of rotatable bonds is 5. The Hall–Kier alpha value is -2.83. The van der Waals surface area contributed by atoms with E-state index in [4.69, 9.17) is 9.97 Å². The maximum absolute atomic E-state index is 14.0. The lowest BCUT2D eigenvalue weighted by molar-refractivity contribution is -0.135. The van der Waals surface area contributed by atoms with Crippen molar-refractivity contribution in [2.24, 2.45) is 5.92 Å². The first-order valence-electron chi connectivity index (χ1n) is 11.0. The van der Waals surface area contributed by atoms with Crippen molar-refractivity contribution in [2.45, 2.75) is 52.4 Å². The van der Waals surface area contributed by atoms with E-state index in [1.807, 2.05) is 25.7 Å². The summed E-state index contributed by atoms with van der Waals surface area (Å²) in [4.78, 5) is 38.3. The minimum absolute atomic E-state index is 0.0267. The molecule has 0 saturated carbocycles. The van der Waals surface area contributed by atoms with E-state index < -0.39 is 0 Å². The third-order valence-corrected chi connectivity index (χ3v) is 6.25. The van der Waals surface area contributed by atoms with Crippen molar-refractivity contribution in [3.05, 3.63) is 52.7 Å². The average molecular weight is 425 g/mol. The van der Waals surface area contributed by atoms with Gasteiger partial charge in [0.1, 0.15) is 17.5 Å². The standard InChI is InChI=1S/C24H29FN4O2/c1-15(2)24(31)28-11-6-8-18(14-28)22-26-16(3)19-13-21(30)29(23(19)27-22)12-10-17-7-4-5-9-20(17)25/h4-5,7,9,15,18H,6,8,10-14H2,1-3H3. The zero-order valence-electron chi connectivity index (χ0n) is 18.4. The minimum atomic E-state index is -0.258. The smallest absolute Gasteiger partial charge is 0.232 e. The van der Waals surface area contributed by atoms with Gasteiger partial charge >= 0.3 is 0 Å². The van der Waals surface area contributed by atoms with Gasteiger partial charge in [0.15, 0.2) is 0 Å². The summed E-state index contributed by atoms with van der Waals surface area (Å²) < 4.78 is 14.0. The lowest BCUT2D eigenvalue weighted by atomic mass is 9.95. The highest BCUT2D eigenvalue weighted by molar-refractivity contribution is 6.00. The Labute approximate surface area is 182 Å². The lowest BCUT2D eigenvalue weighted by Crippen LogP contribution is -2.41. The van der Waals surface area contributed by atoms with Crippen molar-refractivity contribution in [3.63, 3.8) is 0 Å². The molecule has 3 heterocycles. The van der Waals surface area contributed by atoms with Crippen molar-refractivity contribution in [2.75, 3.05) is 24.5 Å². The predicted molar refractivity (Wildman–Crippen MR) is 116 cm³/mol. The van der Waals surface area contributed by atoms with Gasteiger partial charge in [0.25, 0.3) is 0 Å². The number of nitrogens with zero attached hydrogens (tertiary/aromatic N) is 4. The first-order valence-corrected chi connectivity index (χ1v) is 11.0. The largest absolute Gasteiger partial charge is 0.342 e. The van der Waals surface area contributed by atoms with Crippen LogP contribution >= 0.6 is 0 Å². The fourth-order valence-corrected chi connectivity index (χ4v) is 4.50. The molecule has 4 rings (SSSR count). The van der Waals surface area contributed by atoms with E-state index in [1.165, 1.54) is 6.07 Å². The monoisotopic (exact) mass is 424 g/mol. The van der Waals surface area contributed by atoms with Gasteiger partial charge in [-0.15, -0.1) is 0 Å². The zero-order valence-corrected chi connectivity index (χ0v) is 18.4. The number of hydrogen-bond acceptors (Lipinski definition) is 4. The Morgan fingerprint density at radius 3 is 2.77 bits per heavy atom. The molecular weight excluding hydrogens is 395 g/mol. The molecule has 6 nitrogen and oxygen atoms in total. The second-order valence-corrected chi connectivity index (χ2v) is 8.81. The van der Waals surface area contributed by atoms with Gasteiger partial charge in [-0.05, 0) is 37.8 Å². The number of carbonyl (C=O) groups is 2. The zero-order chi connectivity index (χ0) is 22.1. The molecule has 2 amide bonds. The molecule has 0 aliphatic carbocycles. The summed E-state index contributed by atoms with van der Waals surface area (Å²) in [6.45, 7) is 7.51. The van der Waals surface area contributed by atoms with Crippen LogP contribution in [0.5, 0.6) is 0 Å². The van der Waals surface area contributed by atoms with Crippen molar-refractivity contribution in [1.29, 1.82) is 0 Å². The normalized spacial score (nSPS) is 18.6. The van der Waals surface area contributed by atoms with Gasteiger partial charge < -0.3 is 4.90 Å². The second kappa shape index (κ2) is 8.73. The first-order chi connectivity index (χ1) is 14.8. The topological polar surface area (TPSA) is 66.4 Å². The molecule has 0 N–H and O–H groups in total. The number of fused-ring (bicyclic) bond motifs is 1. The first kappa shape index (κ1) is 21.4. The number of anilines is 1. The molecule has 1 atom stereocenters. The Balaban J connectivity index is 1.57. The van der Waals surface area contributed by atoms with Crippen LogP contribution in [0.4, 0.5) is 10.2 Å². The van der Waals surface area contributed by atoms with E-state index >= 15 is 0 Å². The Bertz CT molecular complexity index is 1010. The molecule has 1 saturated heterocycles. The predicted octanol–water partition coefficient (Wildman–Crippen LogP) is 3.42. The van der Waals surface area contributed by atoms with Crippen LogP contribution in [0.15, 0.2) is 24.3 Å². The molecular formula is C24H29FN4O2. The van der Waals surface area contributed by atoms with E-state index in [2.05, 4.69) is 0 Å². The van der Waals surface area contributed by atoms with E-state index in [-0.39, 0.29) is 35.9 Å². The second-order valence-electron chi connectivity index (χ2n) is 8.81. The van der Waals surface area contributed by atoms with Crippen LogP contribution < -0.4 is 4.90 Å². The summed E-state index contributed by atoms with van der Waals surface area (Å²) in [6, 6.07) is 6.65. The van der Waals surface area contributed by atoms with Gasteiger partial charge in [0.05, 0.1) is 6.42 Å². The van der Waals surface area contributed by atoms with Crippen LogP contribution in [0.3, 0.4) is 0 Å². The molecule has 0 spiro atoms. The van der Waals surface area contributed by atoms with Gasteiger partial charge in [-0.25, -0.2) is 14.4 Å². The molecule has 1 unspecified atom stereocenters. The number of likely N-dealkylation sites (tertiary alicyclic amines) is 1. The summed E-state index contributed by atoms with van der Waals surface area (Å²) in [7, 11) is 0. The number of aryl methyl sites for hydroxylation is 1. The van der Waals surface area contributed by atoms with Crippen LogP contribution in [0.25, 0.3) is 0 Å². The molecule has 2 aliphatic heterocycles. The fourth-order valence-electron chi connectivity index (χ4n) is 4.50. The third kappa shape index (κ3) is 4.31. The molecule has 0 radical (unpaired) electrons. The van der Waals surface area contributed by atoms with Crippen molar-refractivity contribution in [1.82, 2.24) is 14.9 Å². The SMILES string of the molecule is Cc1nc(C2CCCN(C(=O)C(C)C)C2)nc2c1CC(=O)N2CCc1ccccc1F. The van der Waals surface area contributed by atoms with Gasteiger partial charge in [0, 0.05) is 42.7 Å². The maximum Gasteiger partial charge on any atom is 0.232 e. The summed E-state index contributed by atoms with van der Waals surface area (Å²) in [6.07, 6.45) is 2.54. The summed E-state index contributed by atoms with van der Waals surface area (Å²) >= 11 is 0. The number of hydrogen-bond donors (Lipinski definition) is 0. The van der Waals surface area contributed by atoms with Crippen molar-refractivity contribution >= 4 is 17.6 Å². The van der Waals surface area contributed by atoms with Crippen molar-refractivity contribution < 1.29 is 14.0 Å². The number of halogens is 1. The quantitative estimate of drug-likeness (QED) is 0.738. The molecule has 7 heteroatoms. The summed E-state index contributed by atoms with van der Waals surface area (Å²) in [5.74, 6) is 1.24. The van der Waals surface area contributed by atoms with Crippen LogP contribution in [0.1, 0.15) is 55.3 Å². The highest BCUT2D eigenvalue weighted by Gasteiger charge is 2.34. The van der Waals surface area contributed by atoms with E-state index in [0.717, 1.165) is 30.6 Å². The van der Waals surface area contributed by atoms with E-state index in [0.29, 0.717) is 36.7 Å². The van der Waals surface area contributed by atoms with E-state index in [1.54, 1.807) is 23.1 Å². The maximum atomic E-state index is 14.0. The number of aromatic nitrogens is 2. The Morgan fingerprint density at radius 1 is 1.26 bits per heavy atom. The van der Waals surface area contributed by atoms with Crippen LogP contribution in [-0.4, -0.2) is 46.3 Å². The molecule has 1 fully saturated rings. The lowest BCUT2D eigenvalue weighted by Gasteiger charge is -2.33. The van der Waals surface area contributed by atoms with Gasteiger partial charge in [0.2, 0.25) is 11.8 Å². The van der Waals surface area contributed by atoms with Gasteiger partial charge in [-0.2, -0.15) is 0 Å². The van der Waals surface area contributed by atoms with Gasteiger partial charge in [-0.1, -0.05) is 32.0 Å². The highest BCUT2D eigenvalue weighted by Crippen LogP contribution is 2.33. The molecule has 0 bridgehead atoms. The van der Waals surface area contributed by atoms with Crippen molar-refractivity contribution in [3.8, 4) is 0 Å². The summed E-state index contributed by atoms with van der Waals surface area (Å²) in [5, 5.41) is 0. The number of benzene rings is 1. The Morgan fingerprint density at radius 2 is 2.03 bits per heavy atom. The third-order valence-electron chi connectivity index (χ3n) is 6.25. The molecule has 31 heavy (non-hydrogen) atoms. The molecule has 2 aromatic rings. The van der Waals surface area contributed by atoms with Crippen LogP contribution in [-0.2, 0) is 22.4 Å². The molecule has 1 aromatic heterocycles. The summed E-state index contributed by atoms with van der Waals surface area (Å²) in [5.41, 5.74) is 2.26. The van der Waals surface area contributed by atoms with Gasteiger partial charge in [-0.3, -0.25) is 14.5 Å². The highest BCUT2D eigenvalue weighted by atomic mass is 19.1.